The molecule has 0 unspecified atom stereocenters. The number of hydrogen-bond acceptors (Lipinski definition) is 7. The van der Waals surface area contributed by atoms with Crippen LogP contribution in [0.5, 0.6) is 23.0 Å². The number of nitrogens with one attached hydrogen (secondary N) is 2. The first kappa shape index (κ1) is 20.9. The summed E-state index contributed by atoms with van der Waals surface area (Å²) in [5.74, 6) is 2.01. The number of methoxy groups -OCH3 is 3. The van der Waals surface area contributed by atoms with Gasteiger partial charge in [-0.3, -0.25) is 4.79 Å². The van der Waals surface area contributed by atoms with Crippen molar-refractivity contribution in [3.8, 4) is 23.0 Å². The number of carbonyl (C=O) groups excluding carboxylic acids is 1. The lowest BCUT2D eigenvalue weighted by Gasteiger charge is -2.12. The Labute approximate surface area is 164 Å². The molecule has 2 aromatic carbocycles. The molecule has 0 aliphatic carbocycles. The monoisotopic (exact) mass is 387 g/mol. The van der Waals surface area contributed by atoms with Crippen LogP contribution in [0.3, 0.4) is 0 Å². The third-order valence-electron chi connectivity index (χ3n) is 3.71. The van der Waals surface area contributed by atoms with Gasteiger partial charge in [0.1, 0.15) is 5.75 Å². The van der Waals surface area contributed by atoms with E-state index in [-0.39, 0.29) is 12.5 Å². The van der Waals surface area contributed by atoms with E-state index in [1.54, 1.807) is 12.1 Å². The molecule has 150 valence electrons. The lowest BCUT2D eigenvalue weighted by molar-refractivity contribution is -0.119. The van der Waals surface area contributed by atoms with Crippen LogP contribution in [0.2, 0.25) is 0 Å². The zero-order chi connectivity index (χ0) is 20.4. The molecule has 0 heterocycles. The van der Waals surface area contributed by atoms with Gasteiger partial charge in [0.05, 0.1) is 40.7 Å². The first-order valence-electron chi connectivity index (χ1n) is 8.69. The zero-order valence-electron chi connectivity index (χ0n) is 16.4. The van der Waals surface area contributed by atoms with Gasteiger partial charge in [-0.1, -0.05) is 0 Å². The Morgan fingerprint density at radius 2 is 1.68 bits per heavy atom. The number of ether oxygens (including phenoxy) is 4. The molecule has 0 radical (unpaired) electrons. The van der Waals surface area contributed by atoms with E-state index in [0.717, 1.165) is 11.4 Å². The fraction of sp³-hybridized carbons (Fsp3) is 0.300. The second-order valence-electron chi connectivity index (χ2n) is 5.56. The maximum absolute atomic E-state index is 11.9. The number of anilines is 1. The molecule has 0 saturated heterocycles. The quantitative estimate of drug-likeness (QED) is 0.481. The molecule has 2 rings (SSSR count). The lowest BCUT2D eigenvalue weighted by atomic mass is 10.2. The van der Waals surface area contributed by atoms with Crippen molar-refractivity contribution in [1.29, 1.82) is 0 Å². The third kappa shape index (κ3) is 5.80. The Hall–Kier alpha value is -3.42. The molecule has 0 aliphatic heterocycles. The van der Waals surface area contributed by atoms with Gasteiger partial charge in [0, 0.05) is 11.3 Å². The molecule has 0 aromatic heterocycles. The van der Waals surface area contributed by atoms with Gasteiger partial charge in [0.2, 0.25) is 5.75 Å². The molecule has 0 aliphatic rings. The number of benzene rings is 2. The Bertz CT molecular complexity index is 781. The molecule has 2 N–H and O–H groups in total. The molecule has 0 bridgehead atoms. The van der Waals surface area contributed by atoms with E-state index in [0.29, 0.717) is 29.4 Å². The smallest absolute Gasteiger partial charge is 0.259 e. The standard InChI is InChI=1S/C20H25N3O5/c1-5-28-16-8-6-15(7-9-16)21-13-19(24)23-22-12-14-10-17(25-2)20(27-4)18(11-14)26-3/h6-12,21H,5,13H2,1-4H3,(H,23,24). The maximum atomic E-state index is 11.9. The number of hydrogen-bond donors (Lipinski definition) is 2. The van der Waals surface area contributed by atoms with Crippen molar-refractivity contribution in [2.45, 2.75) is 6.92 Å². The van der Waals surface area contributed by atoms with E-state index in [9.17, 15) is 4.79 Å². The molecule has 1 amide bonds. The van der Waals surface area contributed by atoms with Crippen LogP contribution in [0.15, 0.2) is 41.5 Å². The normalized spacial score (nSPS) is 10.4. The molecule has 0 saturated carbocycles. The molecule has 8 nitrogen and oxygen atoms in total. The first-order chi connectivity index (χ1) is 13.6. The second-order valence-corrected chi connectivity index (χ2v) is 5.56. The van der Waals surface area contributed by atoms with E-state index in [1.165, 1.54) is 27.5 Å². The highest BCUT2D eigenvalue weighted by Crippen LogP contribution is 2.37. The van der Waals surface area contributed by atoms with Crippen molar-refractivity contribution in [2.24, 2.45) is 5.10 Å². The topological polar surface area (TPSA) is 90.4 Å². The molecule has 8 heteroatoms. The highest BCUT2D eigenvalue weighted by molar-refractivity contribution is 5.85. The van der Waals surface area contributed by atoms with E-state index in [4.69, 9.17) is 18.9 Å². The summed E-state index contributed by atoms with van der Waals surface area (Å²) in [7, 11) is 4.60. The van der Waals surface area contributed by atoms with Gasteiger partial charge in [0.15, 0.2) is 11.5 Å². The Kier molecular flexibility index (Phi) is 7.95. The van der Waals surface area contributed by atoms with Crippen LogP contribution in [0.4, 0.5) is 5.69 Å². The van der Waals surface area contributed by atoms with Crippen molar-refractivity contribution >= 4 is 17.8 Å². The number of carbonyl (C=O) groups is 1. The van der Waals surface area contributed by atoms with Crippen LogP contribution in [0.25, 0.3) is 0 Å². The highest BCUT2D eigenvalue weighted by Gasteiger charge is 2.12. The van der Waals surface area contributed by atoms with Gasteiger partial charge >= 0.3 is 0 Å². The number of nitrogens with zero attached hydrogens (tertiary/aromatic N) is 1. The summed E-state index contributed by atoms with van der Waals surface area (Å²) in [6, 6.07) is 10.8. The third-order valence-corrected chi connectivity index (χ3v) is 3.71. The second kappa shape index (κ2) is 10.7. The van der Waals surface area contributed by atoms with Crippen molar-refractivity contribution in [3.63, 3.8) is 0 Å². The van der Waals surface area contributed by atoms with Crippen LogP contribution < -0.4 is 29.7 Å². The predicted octanol–water partition coefficient (Wildman–Crippen LogP) is 2.67. The average molecular weight is 387 g/mol. The highest BCUT2D eigenvalue weighted by atomic mass is 16.5. The van der Waals surface area contributed by atoms with Gasteiger partial charge in [-0.25, -0.2) is 5.43 Å². The van der Waals surface area contributed by atoms with Crippen molar-refractivity contribution in [2.75, 3.05) is 39.8 Å². The summed E-state index contributed by atoms with van der Waals surface area (Å²) >= 11 is 0. The number of rotatable bonds is 10. The van der Waals surface area contributed by atoms with Crippen LogP contribution in [-0.4, -0.2) is 46.6 Å². The van der Waals surface area contributed by atoms with Gasteiger partial charge in [-0.2, -0.15) is 5.10 Å². The van der Waals surface area contributed by atoms with Crippen LogP contribution in [0, 0.1) is 0 Å². The van der Waals surface area contributed by atoms with Gasteiger partial charge in [-0.15, -0.1) is 0 Å². The van der Waals surface area contributed by atoms with Crippen molar-refractivity contribution in [3.05, 3.63) is 42.0 Å². The van der Waals surface area contributed by atoms with Gasteiger partial charge < -0.3 is 24.3 Å². The number of amides is 1. The predicted molar refractivity (Wildman–Crippen MR) is 108 cm³/mol. The van der Waals surface area contributed by atoms with Crippen molar-refractivity contribution < 1.29 is 23.7 Å². The lowest BCUT2D eigenvalue weighted by Crippen LogP contribution is -2.25. The fourth-order valence-corrected chi connectivity index (χ4v) is 2.41. The minimum atomic E-state index is -0.280. The summed E-state index contributed by atoms with van der Waals surface area (Å²) in [6.07, 6.45) is 1.50. The molecule has 0 atom stereocenters. The van der Waals surface area contributed by atoms with Gasteiger partial charge in [0.25, 0.3) is 5.91 Å². The summed E-state index contributed by atoms with van der Waals surface area (Å²) in [4.78, 5) is 11.9. The molecule has 0 spiro atoms. The fourth-order valence-electron chi connectivity index (χ4n) is 2.41. The molecular weight excluding hydrogens is 362 g/mol. The minimum absolute atomic E-state index is 0.0839. The minimum Gasteiger partial charge on any atom is -0.494 e. The van der Waals surface area contributed by atoms with E-state index in [2.05, 4.69) is 15.8 Å². The molecule has 2 aromatic rings. The summed E-state index contributed by atoms with van der Waals surface area (Å²) in [5, 5.41) is 6.98. The van der Waals surface area contributed by atoms with Crippen molar-refractivity contribution in [1.82, 2.24) is 5.43 Å². The van der Waals surface area contributed by atoms with E-state index >= 15 is 0 Å². The maximum Gasteiger partial charge on any atom is 0.259 e. The zero-order valence-corrected chi connectivity index (χ0v) is 16.4. The summed E-state index contributed by atoms with van der Waals surface area (Å²) in [5.41, 5.74) is 3.97. The van der Waals surface area contributed by atoms with Gasteiger partial charge in [-0.05, 0) is 43.3 Å². The first-order valence-corrected chi connectivity index (χ1v) is 8.69. The molecular formula is C20H25N3O5. The largest absolute Gasteiger partial charge is 0.494 e. The van der Waals surface area contributed by atoms with Crippen LogP contribution >= 0.6 is 0 Å². The van der Waals surface area contributed by atoms with Crippen LogP contribution in [0.1, 0.15) is 12.5 Å². The Balaban J connectivity index is 1.90. The number of hydrazone groups is 1. The van der Waals surface area contributed by atoms with Crippen LogP contribution in [-0.2, 0) is 4.79 Å². The average Bonchev–Trinajstić information content (AvgIpc) is 2.72. The Morgan fingerprint density at radius 3 is 2.21 bits per heavy atom. The van der Waals surface area contributed by atoms with E-state index in [1.807, 2.05) is 31.2 Å². The summed E-state index contributed by atoms with van der Waals surface area (Å²) in [6.45, 7) is 2.62. The summed E-state index contributed by atoms with van der Waals surface area (Å²) < 4.78 is 21.2. The molecule has 0 fully saturated rings. The van der Waals surface area contributed by atoms with E-state index < -0.39 is 0 Å². The Morgan fingerprint density at radius 1 is 1.04 bits per heavy atom. The SMILES string of the molecule is CCOc1ccc(NCC(=O)NN=Cc2cc(OC)c(OC)c(OC)c2)cc1. The molecule has 28 heavy (non-hydrogen) atoms.